The summed E-state index contributed by atoms with van der Waals surface area (Å²) in [5.41, 5.74) is 36.9. The molecule has 0 saturated carbocycles. The molecule has 0 aliphatic rings. The van der Waals surface area contributed by atoms with Crippen LogP contribution in [0.5, 0.6) is 0 Å². The molecule has 20 heteroatoms. The van der Waals surface area contributed by atoms with Gasteiger partial charge in [-0.2, -0.15) is 0 Å². The van der Waals surface area contributed by atoms with Crippen molar-refractivity contribution in [1.82, 2.24) is 9.97 Å². The predicted molar refractivity (Wildman–Crippen MR) is 372 cm³/mol. The first-order valence-electron chi connectivity index (χ1n) is 26.3. The molecule has 0 unspecified atom stereocenters. The first-order chi connectivity index (χ1) is 35.4. The van der Waals surface area contributed by atoms with Gasteiger partial charge >= 0.3 is 0 Å². The molecule has 4 nitrogen and oxygen atoms in total. The highest BCUT2D eigenvalue weighted by Crippen LogP contribution is 2.41. The Hall–Kier alpha value is -6.78. The van der Waals surface area contributed by atoms with Crippen LogP contribution in [-0.2, 0) is 0 Å². The van der Waals surface area contributed by atoms with Gasteiger partial charge in [-0.3, -0.25) is 0 Å². The number of aromatic nitrogens is 2. The fourth-order valence-electron chi connectivity index (χ4n) is 12.7. The van der Waals surface area contributed by atoms with Crippen LogP contribution in [0.2, 0.25) is 0 Å². The highest BCUT2D eigenvalue weighted by atomic mass is 16.3. The topological polar surface area (TPSA) is 42.2 Å². The fraction of sp³-hybridized carbons (Fsp3) is 0. The van der Waals surface area contributed by atoms with E-state index in [9.17, 15) is 0 Å². The number of furan rings is 1. The number of benzene rings is 9. The Morgan fingerprint density at radius 2 is 0.757 bits per heavy atom. The SMILES string of the molecule is Bc1c(B)c(B)c(N(c2c(B)c(B)c(B)c(B)c2B)c2c(B)c(B)c3c(B)c(B)c(-c4cc(-c5cccc(-c6nc7ccccc7nc6-c6ccccc6)c5)c5c(c4)oc4ccccc45)c(B)c3c2B)c(B)c1B. The second kappa shape index (κ2) is 18.6. The van der Waals surface area contributed by atoms with Gasteiger partial charge in [0.05, 0.1) is 22.4 Å². The average molecular weight is 931 g/mol. The van der Waals surface area contributed by atoms with E-state index in [1.807, 2.05) is 24.3 Å². The predicted octanol–water partition coefficient (Wildman–Crippen LogP) is -13.0. The smallest absolute Gasteiger partial charge is 0.142 e. The molecule has 11 aromatic rings. The highest BCUT2D eigenvalue weighted by molar-refractivity contribution is 6.73. The van der Waals surface area contributed by atoms with Crippen LogP contribution >= 0.6 is 0 Å². The molecule has 9 aromatic carbocycles. The van der Waals surface area contributed by atoms with Crippen molar-refractivity contribution in [3.63, 3.8) is 0 Å². The largest absolute Gasteiger partial charge is 0.456 e. The molecule has 0 fully saturated rings. The molecule has 0 spiro atoms. The van der Waals surface area contributed by atoms with Crippen LogP contribution in [0.15, 0.2) is 120 Å². The molecule has 0 radical (unpaired) electrons. The fourth-order valence-corrected chi connectivity index (χ4v) is 12.7. The van der Waals surface area contributed by atoms with Crippen LogP contribution in [0.1, 0.15) is 0 Å². The number of fused-ring (bicyclic) bond motifs is 5. The van der Waals surface area contributed by atoms with Crippen molar-refractivity contribution >= 4 is 274 Å². The average Bonchev–Trinajstić information content (AvgIpc) is 3.79. The maximum Gasteiger partial charge on any atom is 0.142 e. The minimum Gasteiger partial charge on any atom is -0.456 e. The molecule has 0 aliphatic heterocycles. The van der Waals surface area contributed by atoms with Crippen LogP contribution in [0.25, 0.3) is 88.5 Å². The Balaban J connectivity index is 1.20. The van der Waals surface area contributed by atoms with Crippen molar-refractivity contribution in [2.45, 2.75) is 0 Å². The quantitative estimate of drug-likeness (QED) is 0.149. The number of nitrogens with zero attached hydrogens (tertiary/aromatic N) is 3. The summed E-state index contributed by atoms with van der Waals surface area (Å²) in [6.07, 6.45) is 0. The van der Waals surface area contributed by atoms with Crippen molar-refractivity contribution in [1.29, 1.82) is 0 Å². The molecule has 2 aromatic heterocycles. The summed E-state index contributed by atoms with van der Waals surface area (Å²) in [6, 6.07) is 40.6. The third-order valence-corrected chi connectivity index (χ3v) is 17.8. The van der Waals surface area contributed by atoms with Crippen molar-refractivity contribution < 1.29 is 4.42 Å². The lowest BCUT2D eigenvalue weighted by atomic mass is 9.59. The number of hydrogen-bond donors (Lipinski definition) is 0. The maximum absolute atomic E-state index is 6.89. The zero-order valence-electron chi connectivity index (χ0n) is 46.2. The van der Waals surface area contributed by atoms with Gasteiger partial charge in [0, 0.05) is 39.0 Å². The maximum atomic E-state index is 6.89. The monoisotopic (exact) mass is 934 g/mol. The van der Waals surface area contributed by atoms with Gasteiger partial charge in [0.1, 0.15) is 137 Å². The van der Waals surface area contributed by atoms with Crippen LogP contribution in [0.4, 0.5) is 17.1 Å². The molecule has 0 bridgehead atoms. The third-order valence-electron chi connectivity index (χ3n) is 17.8. The van der Waals surface area contributed by atoms with E-state index in [1.165, 1.54) is 121 Å². The Morgan fingerprint density at radius 1 is 0.311 bits per heavy atom. The summed E-state index contributed by atoms with van der Waals surface area (Å²) in [6.45, 7) is 0. The third kappa shape index (κ3) is 7.51. The van der Waals surface area contributed by atoms with Gasteiger partial charge in [-0.25, -0.2) is 9.97 Å². The minimum absolute atomic E-state index is 0.853. The van der Waals surface area contributed by atoms with Crippen molar-refractivity contribution in [3.8, 4) is 44.8 Å². The molecule has 11 rings (SSSR count). The molecule has 336 valence electrons. The molecule has 2 heterocycles. The molecule has 0 aliphatic carbocycles. The summed E-state index contributed by atoms with van der Waals surface area (Å²) < 4.78 is 6.89. The van der Waals surface area contributed by atoms with Gasteiger partial charge < -0.3 is 9.32 Å². The molecule has 0 N–H and O–H groups in total. The van der Waals surface area contributed by atoms with Gasteiger partial charge in [0.15, 0.2) is 0 Å². The lowest BCUT2D eigenvalue weighted by molar-refractivity contribution is 0.669. The molecule has 0 atom stereocenters. The summed E-state index contributed by atoms with van der Waals surface area (Å²) in [7, 11) is 37.3. The van der Waals surface area contributed by atoms with Gasteiger partial charge in [0.2, 0.25) is 0 Å². The van der Waals surface area contributed by atoms with Crippen molar-refractivity contribution in [3.05, 3.63) is 115 Å². The molecular weight excluding hydrogens is 880 g/mol. The van der Waals surface area contributed by atoms with E-state index in [-0.39, 0.29) is 0 Å². The van der Waals surface area contributed by atoms with E-state index in [0.717, 1.165) is 72.2 Å². The van der Waals surface area contributed by atoms with Gasteiger partial charge in [-0.05, 0) is 69.4 Å². The van der Waals surface area contributed by atoms with Crippen LogP contribution in [0, 0.1) is 0 Å². The summed E-state index contributed by atoms with van der Waals surface area (Å²) in [5, 5.41) is 4.86. The number of hydrogen-bond acceptors (Lipinski definition) is 4. The number of rotatable bonds is 7. The van der Waals surface area contributed by atoms with Gasteiger partial charge in [-0.1, -0.05) is 155 Å². The van der Waals surface area contributed by atoms with E-state index >= 15 is 0 Å². The van der Waals surface area contributed by atoms with Crippen LogP contribution < -0.4 is 92.3 Å². The van der Waals surface area contributed by atoms with Crippen molar-refractivity contribution in [2.24, 2.45) is 0 Å². The lowest BCUT2D eigenvalue weighted by Gasteiger charge is -2.39. The Kier molecular flexibility index (Phi) is 12.4. The van der Waals surface area contributed by atoms with Gasteiger partial charge in [0.25, 0.3) is 0 Å². The standard InChI is InChI=1S/C54H51B16N3O/c55-34-30(35(56)36(57)33-32(34)38(59)52(45(66)37(33)58)73(53-46(67)41(62)39(60)42(63)47(53)68)54-48(69)43(64)40(61)44(65)49(54)70)23-18-25(31-24-13-4-7-16-28(24)74-29(31)19-23)21-11-8-12-22(17-21)51-50(20-9-2-1-3-10-20)71-26-14-5-6-15-27(26)72-51/h1-19H,55-70H2. The second-order valence-corrected chi connectivity index (χ2v) is 21.4. The molecule has 0 amide bonds. The minimum atomic E-state index is 0.853. The van der Waals surface area contributed by atoms with E-state index in [4.69, 9.17) is 14.4 Å². The Labute approximate surface area is 450 Å². The van der Waals surface area contributed by atoms with Crippen LogP contribution in [0.3, 0.4) is 0 Å². The summed E-state index contributed by atoms with van der Waals surface area (Å²) in [5.74, 6) is 0. The molecule has 0 saturated heterocycles. The van der Waals surface area contributed by atoms with E-state index in [2.05, 4.69) is 221 Å². The summed E-state index contributed by atoms with van der Waals surface area (Å²) >= 11 is 0. The van der Waals surface area contributed by atoms with E-state index in [1.54, 1.807) is 0 Å². The lowest BCUT2D eigenvalue weighted by Crippen LogP contribution is -2.60. The summed E-state index contributed by atoms with van der Waals surface area (Å²) in [4.78, 5) is 13.3. The number of para-hydroxylation sites is 3. The highest BCUT2D eigenvalue weighted by Gasteiger charge is 2.30. The van der Waals surface area contributed by atoms with E-state index < -0.39 is 0 Å². The first kappa shape index (κ1) is 49.4. The van der Waals surface area contributed by atoms with Gasteiger partial charge in [-0.15, -0.1) is 10.9 Å². The second-order valence-electron chi connectivity index (χ2n) is 21.4. The molecule has 74 heavy (non-hydrogen) atoms. The van der Waals surface area contributed by atoms with Crippen molar-refractivity contribution in [2.75, 3.05) is 4.90 Å². The Morgan fingerprint density at radius 3 is 1.35 bits per heavy atom. The van der Waals surface area contributed by atoms with E-state index in [0.29, 0.717) is 0 Å². The number of anilines is 3. The normalized spacial score (nSPS) is 11.6. The zero-order chi connectivity index (χ0) is 52.3. The Bertz CT molecular complexity index is 4110. The van der Waals surface area contributed by atoms with Crippen LogP contribution in [-0.4, -0.2) is 136 Å². The molecular formula is C54H51B16N3O. The first-order valence-corrected chi connectivity index (χ1v) is 26.3. The zero-order valence-corrected chi connectivity index (χ0v) is 46.2.